The maximum absolute atomic E-state index is 14.3. The van der Waals surface area contributed by atoms with Gasteiger partial charge in [-0.05, 0) is 45.6 Å². The lowest BCUT2D eigenvalue weighted by molar-refractivity contribution is -0.149. The molecule has 0 aromatic heterocycles. The van der Waals surface area contributed by atoms with Gasteiger partial charge in [-0.3, -0.25) is 28.8 Å². The highest BCUT2D eigenvalue weighted by molar-refractivity contribution is 5.98. The first-order valence-electron chi connectivity index (χ1n) is 19.9. The summed E-state index contributed by atoms with van der Waals surface area (Å²) in [7, 11) is 3.45. The first kappa shape index (κ1) is 49.1. The highest BCUT2D eigenvalue weighted by Crippen LogP contribution is 2.27. The third kappa shape index (κ3) is 11.9. The highest BCUT2D eigenvalue weighted by Gasteiger charge is 2.50. The molecule has 23 heteroatoms. The van der Waals surface area contributed by atoms with Crippen LogP contribution in [0.1, 0.15) is 45.3 Å². The molecule has 6 amide bonds. The van der Waals surface area contributed by atoms with Crippen molar-refractivity contribution in [2.24, 2.45) is 11.7 Å². The van der Waals surface area contributed by atoms with E-state index >= 15 is 0 Å². The summed E-state index contributed by atoms with van der Waals surface area (Å²) < 4.78 is 5.78. The Bertz CT molecular complexity index is 1720. The van der Waals surface area contributed by atoms with Gasteiger partial charge in [-0.1, -0.05) is 19.1 Å². The fourth-order valence-corrected chi connectivity index (χ4v) is 7.43. The van der Waals surface area contributed by atoms with Crippen LogP contribution in [0.5, 0.6) is 5.75 Å². The second kappa shape index (κ2) is 21.0. The lowest BCUT2D eigenvalue weighted by Gasteiger charge is -2.34. The molecular formula is C38H60N8O15. The minimum absolute atomic E-state index is 0.0392. The molecule has 3 saturated heterocycles. The van der Waals surface area contributed by atoms with Crippen LogP contribution in [-0.4, -0.2) is 210 Å². The number of hydrogen-bond donors (Lipinski definition) is 13. The quantitative estimate of drug-likeness (QED) is 0.110. The third-order valence-corrected chi connectivity index (χ3v) is 11.0. The average Bonchev–Trinajstić information content (AvgIpc) is 3.73. The summed E-state index contributed by atoms with van der Waals surface area (Å²) in [5, 5.41) is 96.5. The van der Waals surface area contributed by atoms with E-state index in [9.17, 15) is 69.6 Å². The Morgan fingerprint density at radius 3 is 1.90 bits per heavy atom. The SMILES string of the molecule is C[C@@H](O)C1NC(=O)C(N)C[C@@H](O)C(OCCN(C)C)NC(=O)C2[C@@H](O)[C@@H](C)CN2C(=O)C([C@@H](C)O)NC(=O)C([C@H](O)[C@@H](O)c2ccc(O)cc2)NC(=O)C2C[C@@H](O)CN2C1=O. The topological polar surface area (TPSA) is 357 Å². The molecule has 23 nitrogen and oxygen atoms in total. The zero-order valence-corrected chi connectivity index (χ0v) is 34.6. The Morgan fingerprint density at radius 2 is 1.33 bits per heavy atom. The molecular weight excluding hydrogens is 808 g/mol. The number of likely N-dealkylation sites (N-methyl/N-ethyl adjacent to an activating group) is 1. The number of carbonyl (C=O) groups is 6. The molecule has 342 valence electrons. The van der Waals surface area contributed by atoms with Crippen molar-refractivity contribution in [3.8, 4) is 5.75 Å². The normalized spacial score (nSPS) is 33.4. The molecule has 0 spiro atoms. The van der Waals surface area contributed by atoms with Crippen molar-refractivity contribution in [2.75, 3.05) is 40.3 Å². The van der Waals surface area contributed by atoms with E-state index in [2.05, 4.69) is 21.3 Å². The van der Waals surface area contributed by atoms with Crippen LogP contribution in [-0.2, 0) is 33.5 Å². The van der Waals surface area contributed by atoms with Crippen LogP contribution in [0.4, 0.5) is 0 Å². The van der Waals surface area contributed by atoms with E-state index in [-0.39, 0.29) is 24.5 Å². The maximum Gasteiger partial charge on any atom is 0.248 e. The van der Waals surface area contributed by atoms with Crippen LogP contribution in [0.2, 0.25) is 0 Å². The molecule has 0 aliphatic carbocycles. The Labute approximate surface area is 351 Å². The number of nitrogens with zero attached hydrogens (tertiary/aromatic N) is 3. The lowest BCUT2D eigenvalue weighted by atomic mass is 9.96. The third-order valence-electron chi connectivity index (χ3n) is 11.0. The zero-order valence-electron chi connectivity index (χ0n) is 34.6. The number of fused-ring (bicyclic) bond motifs is 2. The van der Waals surface area contributed by atoms with Gasteiger partial charge >= 0.3 is 0 Å². The molecule has 0 saturated carbocycles. The van der Waals surface area contributed by atoms with Gasteiger partial charge < -0.3 is 87.3 Å². The smallest absolute Gasteiger partial charge is 0.248 e. The van der Waals surface area contributed by atoms with Crippen molar-refractivity contribution in [3.63, 3.8) is 0 Å². The summed E-state index contributed by atoms with van der Waals surface area (Å²) in [5.41, 5.74) is 6.12. The van der Waals surface area contributed by atoms with Gasteiger partial charge in [0.15, 0.2) is 6.23 Å². The van der Waals surface area contributed by atoms with Crippen LogP contribution >= 0.6 is 0 Å². The van der Waals surface area contributed by atoms with Gasteiger partial charge in [-0.15, -0.1) is 0 Å². The molecule has 3 aliphatic heterocycles. The summed E-state index contributed by atoms with van der Waals surface area (Å²) in [4.78, 5) is 87.4. The predicted molar refractivity (Wildman–Crippen MR) is 210 cm³/mol. The van der Waals surface area contributed by atoms with Crippen molar-refractivity contribution in [1.29, 1.82) is 0 Å². The number of hydrogen-bond acceptors (Lipinski definition) is 17. The summed E-state index contributed by atoms with van der Waals surface area (Å²) in [6.07, 6.45) is -14.8. The number of phenolic OH excluding ortho intramolecular Hbond substituents is 1. The van der Waals surface area contributed by atoms with Crippen LogP contribution in [0.25, 0.3) is 0 Å². The number of nitrogens with one attached hydrogen (secondary N) is 4. The van der Waals surface area contributed by atoms with Crippen LogP contribution in [0.15, 0.2) is 24.3 Å². The van der Waals surface area contributed by atoms with Crippen LogP contribution < -0.4 is 27.0 Å². The van der Waals surface area contributed by atoms with Crippen molar-refractivity contribution >= 4 is 35.4 Å². The van der Waals surface area contributed by atoms with Crippen LogP contribution in [0, 0.1) is 5.92 Å². The standard InChI is InChI=1S/C38H60N8O15/c1-16-14-46-28(29(16)52)35(58)43-36(61-11-10-44(4)5)24(51)13-22(39)32(55)40-25(17(2)47)37(59)45-15-21(50)12-23(45)33(56)42-27(34(57)41-26(18(3)48)38(46)60)31(54)30(53)19-6-8-20(49)9-7-19/h6-9,16-18,21-31,36,47-54H,10-15,39H2,1-5H3,(H,40,55)(H,41,57)(H,42,56)(H,43,58)/t16-,17+,18+,21+,22?,23?,24+,25?,26?,27?,28?,29-,30-,31-,36?/m0/s1. The van der Waals surface area contributed by atoms with E-state index < -0.39 is 146 Å². The molecule has 14 N–H and O–H groups in total. The Kier molecular flexibility index (Phi) is 16.9. The largest absolute Gasteiger partial charge is 0.508 e. The van der Waals surface area contributed by atoms with E-state index in [1.807, 2.05) is 0 Å². The minimum atomic E-state index is -2.23. The van der Waals surface area contributed by atoms with Gasteiger partial charge in [0.05, 0.1) is 37.1 Å². The summed E-state index contributed by atoms with van der Waals surface area (Å²) in [6.45, 7) is 3.23. The van der Waals surface area contributed by atoms with Gasteiger partial charge in [0.2, 0.25) is 35.4 Å². The maximum atomic E-state index is 14.3. The first-order chi connectivity index (χ1) is 28.5. The molecule has 7 unspecified atom stereocenters. The number of benzene rings is 1. The number of aliphatic hydroxyl groups excluding tert-OH is 7. The molecule has 3 aliphatic rings. The molecule has 0 radical (unpaired) electrons. The molecule has 3 fully saturated rings. The number of rotatable bonds is 9. The number of phenols is 1. The zero-order chi connectivity index (χ0) is 45.6. The van der Waals surface area contributed by atoms with Gasteiger partial charge in [-0.25, -0.2) is 0 Å². The Balaban J connectivity index is 1.82. The Morgan fingerprint density at radius 1 is 0.770 bits per heavy atom. The molecule has 0 bridgehead atoms. The number of carbonyl (C=O) groups excluding carboxylic acids is 6. The molecule has 1 aromatic rings. The van der Waals surface area contributed by atoms with E-state index in [4.69, 9.17) is 10.5 Å². The van der Waals surface area contributed by atoms with Crippen LogP contribution in [0.3, 0.4) is 0 Å². The number of aromatic hydroxyl groups is 1. The van der Waals surface area contributed by atoms with E-state index in [0.29, 0.717) is 6.54 Å². The van der Waals surface area contributed by atoms with E-state index in [1.165, 1.54) is 31.2 Å². The predicted octanol–water partition coefficient (Wildman–Crippen LogP) is -6.72. The highest BCUT2D eigenvalue weighted by atomic mass is 16.5. The number of ether oxygens (including phenoxy) is 1. The molecule has 15 atom stereocenters. The van der Waals surface area contributed by atoms with Crippen molar-refractivity contribution < 1.29 is 74.4 Å². The molecule has 1 aromatic carbocycles. The van der Waals surface area contributed by atoms with E-state index in [0.717, 1.165) is 23.6 Å². The summed E-state index contributed by atoms with van der Waals surface area (Å²) in [5.74, 6) is -7.76. The number of amides is 6. The monoisotopic (exact) mass is 868 g/mol. The first-order valence-corrected chi connectivity index (χ1v) is 19.9. The van der Waals surface area contributed by atoms with Crippen molar-refractivity contribution in [2.45, 2.75) is 119 Å². The second-order valence-corrected chi connectivity index (χ2v) is 16.3. The van der Waals surface area contributed by atoms with Crippen molar-refractivity contribution in [3.05, 3.63) is 29.8 Å². The Hall–Kier alpha value is -4.56. The summed E-state index contributed by atoms with van der Waals surface area (Å²) in [6, 6.07) is -6.03. The minimum Gasteiger partial charge on any atom is -0.508 e. The fraction of sp³-hybridized carbons (Fsp3) is 0.684. The molecule has 3 heterocycles. The van der Waals surface area contributed by atoms with Crippen molar-refractivity contribution in [1.82, 2.24) is 36.0 Å². The number of aliphatic hydroxyl groups is 7. The molecule has 4 rings (SSSR count). The number of nitrogens with two attached hydrogens (primary N) is 1. The van der Waals surface area contributed by atoms with Gasteiger partial charge in [0.1, 0.15) is 54.3 Å². The van der Waals surface area contributed by atoms with Gasteiger partial charge in [-0.2, -0.15) is 0 Å². The van der Waals surface area contributed by atoms with E-state index in [1.54, 1.807) is 19.0 Å². The summed E-state index contributed by atoms with van der Waals surface area (Å²) >= 11 is 0. The van der Waals surface area contributed by atoms with Gasteiger partial charge in [0, 0.05) is 38.4 Å². The molecule has 61 heavy (non-hydrogen) atoms. The average molecular weight is 869 g/mol. The fourth-order valence-electron chi connectivity index (χ4n) is 7.43. The lowest BCUT2D eigenvalue weighted by Crippen LogP contribution is -2.64. The van der Waals surface area contributed by atoms with Gasteiger partial charge in [0.25, 0.3) is 0 Å². The second-order valence-electron chi connectivity index (χ2n) is 16.3.